The maximum atomic E-state index is 11.8. The minimum atomic E-state index is -0.0178. The summed E-state index contributed by atoms with van der Waals surface area (Å²) in [6.45, 7) is 3.96. The van der Waals surface area contributed by atoms with E-state index in [0.29, 0.717) is 16.4 Å². The maximum absolute atomic E-state index is 11.8. The van der Waals surface area contributed by atoms with Gasteiger partial charge < -0.3 is 11.1 Å². The van der Waals surface area contributed by atoms with Crippen molar-refractivity contribution in [2.24, 2.45) is 5.92 Å². The highest BCUT2D eigenvalue weighted by Gasteiger charge is 2.13. The smallest absolute Gasteiger partial charge is 0.227 e. The van der Waals surface area contributed by atoms with Crippen LogP contribution in [0.1, 0.15) is 26.7 Å². The van der Waals surface area contributed by atoms with Gasteiger partial charge in [-0.05, 0) is 24.6 Å². The fourth-order valence-corrected chi connectivity index (χ4v) is 1.63. The van der Waals surface area contributed by atoms with Gasteiger partial charge in [-0.3, -0.25) is 4.79 Å². The molecule has 1 rings (SSSR count). The van der Waals surface area contributed by atoms with E-state index in [9.17, 15) is 4.79 Å². The van der Waals surface area contributed by atoms with Gasteiger partial charge in [0, 0.05) is 10.9 Å². The molecule has 0 fully saturated rings. The first-order valence-corrected chi connectivity index (χ1v) is 5.78. The van der Waals surface area contributed by atoms with Gasteiger partial charge in [-0.15, -0.1) is 0 Å². The number of nitrogen functional groups attached to an aromatic ring is 1. The zero-order valence-electron chi connectivity index (χ0n) is 9.59. The number of carbonyl (C=O) groups is 1. The second-order valence-corrected chi connectivity index (χ2v) is 4.35. The van der Waals surface area contributed by atoms with Crippen LogP contribution < -0.4 is 11.1 Å². The molecule has 0 bridgehead atoms. The summed E-state index contributed by atoms with van der Waals surface area (Å²) in [6.07, 6.45) is 1.85. The Hall–Kier alpha value is -1.22. The Kier molecular flexibility index (Phi) is 4.62. The van der Waals surface area contributed by atoms with Crippen molar-refractivity contribution >= 4 is 28.9 Å². The molecule has 1 aromatic rings. The number of anilines is 2. The van der Waals surface area contributed by atoms with Gasteiger partial charge in [0.25, 0.3) is 0 Å². The third kappa shape index (κ3) is 3.42. The van der Waals surface area contributed by atoms with Crippen LogP contribution in [0.15, 0.2) is 18.2 Å². The molecule has 4 heteroatoms. The van der Waals surface area contributed by atoms with Gasteiger partial charge in [0.15, 0.2) is 0 Å². The molecule has 0 aliphatic rings. The van der Waals surface area contributed by atoms with Crippen molar-refractivity contribution in [1.29, 1.82) is 0 Å². The number of amides is 1. The summed E-state index contributed by atoms with van der Waals surface area (Å²) in [5.41, 5.74) is 6.85. The highest BCUT2D eigenvalue weighted by Crippen LogP contribution is 2.23. The van der Waals surface area contributed by atoms with E-state index in [1.54, 1.807) is 18.2 Å². The van der Waals surface area contributed by atoms with E-state index in [1.165, 1.54) is 0 Å². The third-order valence-electron chi connectivity index (χ3n) is 2.44. The zero-order valence-corrected chi connectivity index (χ0v) is 10.3. The number of halogens is 1. The summed E-state index contributed by atoms with van der Waals surface area (Å²) in [7, 11) is 0. The van der Waals surface area contributed by atoms with Gasteiger partial charge in [0.1, 0.15) is 0 Å². The monoisotopic (exact) mass is 240 g/mol. The molecular formula is C12H17ClN2O. The molecule has 3 N–H and O–H groups in total. The average Bonchev–Trinajstić information content (AvgIpc) is 2.23. The number of nitrogens with two attached hydrogens (primary N) is 1. The fraction of sp³-hybridized carbons (Fsp3) is 0.417. The summed E-state index contributed by atoms with van der Waals surface area (Å²) in [5, 5.41) is 3.35. The van der Waals surface area contributed by atoms with Gasteiger partial charge in [-0.1, -0.05) is 31.9 Å². The van der Waals surface area contributed by atoms with Crippen LogP contribution in [0.25, 0.3) is 0 Å². The van der Waals surface area contributed by atoms with Crippen LogP contribution in [0.2, 0.25) is 5.02 Å². The number of carbonyl (C=O) groups excluding carboxylic acids is 1. The lowest BCUT2D eigenvalue weighted by molar-refractivity contribution is -0.119. The van der Waals surface area contributed by atoms with Crippen molar-refractivity contribution in [3.63, 3.8) is 0 Å². The van der Waals surface area contributed by atoms with Crippen molar-refractivity contribution in [3.05, 3.63) is 23.2 Å². The van der Waals surface area contributed by atoms with E-state index in [4.69, 9.17) is 17.3 Å². The average molecular weight is 241 g/mol. The molecule has 0 saturated carbocycles. The van der Waals surface area contributed by atoms with Crippen LogP contribution in [-0.4, -0.2) is 5.91 Å². The molecule has 1 amide bonds. The molecule has 0 aliphatic carbocycles. The third-order valence-corrected chi connectivity index (χ3v) is 2.68. The number of hydrogen-bond donors (Lipinski definition) is 2. The number of hydrogen-bond acceptors (Lipinski definition) is 2. The SMILES string of the molecule is CCCC(C)C(=O)Nc1cc(Cl)ccc1N. The van der Waals surface area contributed by atoms with E-state index in [1.807, 2.05) is 6.92 Å². The minimum Gasteiger partial charge on any atom is -0.397 e. The van der Waals surface area contributed by atoms with Crippen LogP contribution in [0.4, 0.5) is 11.4 Å². The second-order valence-electron chi connectivity index (χ2n) is 3.91. The van der Waals surface area contributed by atoms with Crippen LogP contribution in [0.3, 0.4) is 0 Å². The van der Waals surface area contributed by atoms with E-state index >= 15 is 0 Å². The minimum absolute atomic E-state index is 0.0108. The molecular weight excluding hydrogens is 224 g/mol. The Bertz CT molecular complexity index is 379. The van der Waals surface area contributed by atoms with Gasteiger partial charge in [-0.25, -0.2) is 0 Å². The van der Waals surface area contributed by atoms with Crippen molar-refractivity contribution < 1.29 is 4.79 Å². The van der Waals surface area contributed by atoms with Crippen molar-refractivity contribution in [3.8, 4) is 0 Å². The summed E-state index contributed by atoms with van der Waals surface area (Å²) in [5.74, 6) is -0.0285. The Balaban J connectivity index is 2.72. The predicted molar refractivity (Wildman–Crippen MR) is 68.6 cm³/mol. The molecule has 0 spiro atoms. The fourth-order valence-electron chi connectivity index (χ4n) is 1.46. The molecule has 88 valence electrons. The predicted octanol–water partition coefficient (Wildman–Crippen LogP) is 3.30. The summed E-state index contributed by atoms with van der Waals surface area (Å²) < 4.78 is 0. The number of rotatable bonds is 4. The summed E-state index contributed by atoms with van der Waals surface area (Å²) in [6, 6.07) is 5.04. The summed E-state index contributed by atoms with van der Waals surface area (Å²) >= 11 is 5.83. The molecule has 0 aromatic heterocycles. The maximum Gasteiger partial charge on any atom is 0.227 e. The van der Waals surface area contributed by atoms with Crippen LogP contribution in [-0.2, 0) is 4.79 Å². The topological polar surface area (TPSA) is 55.1 Å². The highest BCUT2D eigenvalue weighted by molar-refractivity contribution is 6.31. The first-order valence-electron chi connectivity index (χ1n) is 5.40. The number of nitrogens with one attached hydrogen (secondary N) is 1. The second kappa shape index (κ2) is 5.75. The summed E-state index contributed by atoms with van der Waals surface area (Å²) in [4.78, 5) is 11.8. The normalized spacial score (nSPS) is 12.2. The van der Waals surface area contributed by atoms with E-state index in [2.05, 4.69) is 12.2 Å². The largest absolute Gasteiger partial charge is 0.397 e. The lowest BCUT2D eigenvalue weighted by Crippen LogP contribution is -2.20. The van der Waals surface area contributed by atoms with E-state index in [0.717, 1.165) is 12.8 Å². The lowest BCUT2D eigenvalue weighted by Gasteiger charge is -2.12. The molecule has 0 radical (unpaired) electrons. The number of benzene rings is 1. The van der Waals surface area contributed by atoms with Crippen LogP contribution in [0, 0.1) is 5.92 Å². The van der Waals surface area contributed by atoms with Gasteiger partial charge in [0.05, 0.1) is 11.4 Å². The van der Waals surface area contributed by atoms with Crippen molar-refractivity contribution in [2.45, 2.75) is 26.7 Å². The quantitative estimate of drug-likeness (QED) is 0.794. The molecule has 0 heterocycles. The standard InChI is InChI=1S/C12H17ClN2O/c1-3-4-8(2)12(16)15-11-7-9(13)5-6-10(11)14/h5-8H,3-4,14H2,1-2H3,(H,15,16). The first-order chi connectivity index (χ1) is 7.54. The van der Waals surface area contributed by atoms with E-state index < -0.39 is 0 Å². The van der Waals surface area contributed by atoms with Gasteiger partial charge >= 0.3 is 0 Å². The molecule has 0 aliphatic heterocycles. The van der Waals surface area contributed by atoms with Gasteiger partial charge in [0.2, 0.25) is 5.91 Å². The van der Waals surface area contributed by atoms with Crippen molar-refractivity contribution in [1.82, 2.24) is 0 Å². The lowest BCUT2D eigenvalue weighted by atomic mass is 10.1. The highest BCUT2D eigenvalue weighted by atomic mass is 35.5. The molecule has 0 saturated heterocycles. The molecule has 3 nitrogen and oxygen atoms in total. The molecule has 1 atom stereocenters. The van der Waals surface area contributed by atoms with Gasteiger partial charge in [-0.2, -0.15) is 0 Å². The Morgan fingerprint density at radius 3 is 2.88 bits per heavy atom. The Morgan fingerprint density at radius 1 is 1.56 bits per heavy atom. The Labute approximate surface area is 101 Å². The molecule has 16 heavy (non-hydrogen) atoms. The molecule has 1 aromatic carbocycles. The molecule has 1 unspecified atom stereocenters. The zero-order chi connectivity index (χ0) is 12.1. The van der Waals surface area contributed by atoms with Crippen LogP contribution >= 0.6 is 11.6 Å². The van der Waals surface area contributed by atoms with Crippen molar-refractivity contribution in [2.75, 3.05) is 11.1 Å². The first kappa shape index (κ1) is 12.8. The Morgan fingerprint density at radius 2 is 2.25 bits per heavy atom. The van der Waals surface area contributed by atoms with E-state index in [-0.39, 0.29) is 11.8 Å². The van der Waals surface area contributed by atoms with Crippen LogP contribution in [0.5, 0.6) is 0 Å².